The van der Waals surface area contributed by atoms with Crippen molar-refractivity contribution in [3.63, 3.8) is 0 Å². The molecule has 3 atom stereocenters. The van der Waals surface area contributed by atoms with E-state index in [2.05, 4.69) is 24.5 Å². The molecule has 1 aliphatic rings. The van der Waals surface area contributed by atoms with Crippen LogP contribution in [0.2, 0.25) is 5.02 Å². The third kappa shape index (κ3) is 3.02. The lowest BCUT2D eigenvalue weighted by molar-refractivity contribution is 0.0618. The highest BCUT2D eigenvalue weighted by molar-refractivity contribution is 7.10. The van der Waals surface area contributed by atoms with Crippen LogP contribution < -0.4 is 5.32 Å². The van der Waals surface area contributed by atoms with E-state index < -0.39 is 0 Å². The SMILES string of the molecule is CCCNC(c1sccc1Cl)C1OCCC1C. The maximum Gasteiger partial charge on any atom is 0.0804 e. The lowest BCUT2D eigenvalue weighted by Gasteiger charge is -2.26. The first kappa shape index (κ1) is 13.3. The minimum Gasteiger partial charge on any atom is -0.376 e. The molecule has 2 nitrogen and oxygen atoms in total. The van der Waals surface area contributed by atoms with Crippen LogP contribution in [-0.4, -0.2) is 19.3 Å². The van der Waals surface area contributed by atoms with E-state index >= 15 is 0 Å². The van der Waals surface area contributed by atoms with E-state index in [1.807, 2.05) is 6.07 Å². The van der Waals surface area contributed by atoms with Gasteiger partial charge in [-0.25, -0.2) is 0 Å². The first-order chi connectivity index (χ1) is 8.24. The van der Waals surface area contributed by atoms with Gasteiger partial charge in [0.1, 0.15) is 0 Å². The zero-order valence-electron chi connectivity index (χ0n) is 10.4. The monoisotopic (exact) mass is 273 g/mol. The van der Waals surface area contributed by atoms with Gasteiger partial charge < -0.3 is 10.1 Å². The quantitative estimate of drug-likeness (QED) is 0.879. The Morgan fingerprint density at radius 1 is 1.65 bits per heavy atom. The summed E-state index contributed by atoms with van der Waals surface area (Å²) in [4.78, 5) is 1.22. The number of ether oxygens (including phenoxy) is 1. The number of rotatable bonds is 5. The fourth-order valence-corrected chi connectivity index (χ4v) is 3.61. The molecule has 17 heavy (non-hydrogen) atoms. The van der Waals surface area contributed by atoms with Gasteiger partial charge in [-0.3, -0.25) is 0 Å². The molecule has 1 aromatic rings. The highest BCUT2D eigenvalue weighted by Gasteiger charge is 2.34. The van der Waals surface area contributed by atoms with Gasteiger partial charge in [0, 0.05) is 11.5 Å². The molecule has 1 aromatic heterocycles. The smallest absolute Gasteiger partial charge is 0.0804 e. The van der Waals surface area contributed by atoms with E-state index in [4.69, 9.17) is 16.3 Å². The zero-order chi connectivity index (χ0) is 12.3. The number of hydrogen-bond acceptors (Lipinski definition) is 3. The number of thiophene rings is 1. The van der Waals surface area contributed by atoms with Gasteiger partial charge in [0.05, 0.1) is 17.2 Å². The Balaban J connectivity index is 2.15. The lowest BCUT2D eigenvalue weighted by atomic mass is 9.96. The average Bonchev–Trinajstić information content (AvgIpc) is 2.90. The molecule has 0 spiro atoms. The normalized spacial score (nSPS) is 26.3. The first-order valence-corrected chi connectivity index (χ1v) is 7.57. The molecule has 2 rings (SSSR count). The van der Waals surface area contributed by atoms with E-state index in [1.54, 1.807) is 11.3 Å². The maximum atomic E-state index is 6.25. The predicted octanol–water partition coefficient (Wildman–Crippen LogP) is 3.87. The fourth-order valence-electron chi connectivity index (χ4n) is 2.33. The Hall–Kier alpha value is -0.0900. The van der Waals surface area contributed by atoms with Crippen LogP contribution in [0, 0.1) is 5.92 Å². The highest BCUT2D eigenvalue weighted by Crippen LogP contribution is 2.37. The summed E-state index contributed by atoms with van der Waals surface area (Å²) in [6, 6.07) is 2.22. The molecule has 96 valence electrons. The number of hydrogen-bond donors (Lipinski definition) is 1. The third-order valence-electron chi connectivity index (χ3n) is 3.31. The summed E-state index contributed by atoms with van der Waals surface area (Å²) in [5.74, 6) is 0.600. The standard InChI is InChI=1S/C13H20ClNOS/c1-3-6-15-11(12-9(2)4-7-16-12)13-10(14)5-8-17-13/h5,8-9,11-12,15H,3-4,6-7H2,1-2H3. The summed E-state index contributed by atoms with van der Waals surface area (Å²) >= 11 is 7.98. The second-order valence-electron chi connectivity index (χ2n) is 4.67. The summed E-state index contributed by atoms with van der Waals surface area (Å²) in [7, 11) is 0. The van der Waals surface area contributed by atoms with Crippen LogP contribution in [0.15, 0.2) is 11.4 Å². The van der Waals surface area contributed by atoms with Crippen molar-refractivity contribution in [2.75, 3.05) is 13.2 Å². The molecule has 0 amide bonds. The molecule has 2 heterocycles. The van der Waals surface area contributed by atoms with Gasteiger partial charge in [0.2, 0.25) is 0 Å². The largest absolute Gasteiger partial charge is 0.376 e. The molecule has 0 aliphatic carbocycles. The molecule has 0 saturated carbocycles. The van der Waals surface area contributed by atoms with Gasteiger partial charge in [0.15, 0.2) is 0 Å². The van der Waals surface area contributed by atoms with Crippen molar-refractivity contribution in [3.8, 4) is 0 Å². The molecule has 1 aliphatic heterocycles. The molecular formula is C13H20ClNOS. The molecule has 1 saturated heterocycles. The minimum absolute atomic E-state index is 0.250. The second-order valence-corrected chi connectivity index (χ2v) is 6.02. The topological polar surface area (TPSA) is 21.3 Å². The molecule has 0 radical (unpaired) electrons. The maximum absolute atomic E-state index is 6.25. The first-order valence-electron chi connectivity index (χ1n) is 6.32. The van der Waals surface area contributed by atoms with E-state index in [-0.39, 0.29) is 12.1 Å². The van der Waals surface area contributed by atoms with Crippen LogP contribution in [-0.2, 0) is 4.74 Å². The zero-order valence-corrected chi connectivity index (χ0v) is 12.0. The van der Waals surface area contributed by atoms with Crippen LogP contribution in [0.1, 0.15) is 37.6 Å². The fraction of sp³-hybridized carbons (Fsp3) is 0.692. The van der Waals surface area contributed by atoms with E-state index in [0.29, 0.717) is 5.92 Å². The summed E-state index contributed by atoms with van der Waals surface area (Å²) in [6.45, 7) is 6.32. The predicted molar refractivity (Wildman–Crippen MR) is 73.9 cm³/mol. The summed E-state index contributed by atoms with van der Waals surface area (Å²) in [6.07, 6.45) is 2.54. The Morgan fingerprint density at radius 2 is 2.47 bits per heavy atom. The van der Waals surface area contributed by atoms with Crippen molar-refractivity contribution in [1.82, 2.24) is 5.32 Å². The van der Waals surface area contributed by atoms with E-state index in [1.165, 1.54) is 4.88 Å². The van der Waals surface area contributed by atoms with Gasteiger partial charge in [0.25, 0.3) is 0 Å². The minimum atomic E-state index is 0.250. The van der Waals surface area contributed by atoms with Gasteiger partial charge >= 0.3 is 0 Å². The summed E-state index contributed by atoms with van der Waals surface area (Å²) in [5.41, 5.74) is 0. The van der Waals surface area contributed by atoms with Crippen LogP contribution in [0.25, 0.3) is 0 Å². The van der Waals surface area contributed by atoms with Crippen LogP contribution in [0.5, 0.6) is 0 Å². The number of nitrogens with one attached hydrogen (secondary N) is 1. The molecular weight excluding hydrogens is 254 g/mol. The average molecular weight is 274 g/mol. The van der Waals surface area contributed by atoms with Crippen LogP contribution >= 0.6 is 22.9 Å². The van der Waals surface area contributed by atoms with Gasteiger partial charge in [-0.2, -0.15) is 0 Å². The van der Waals surface area contributed by atoms with Gasteiger partial charge in [-0.05, 0) is 36.8 Å². The summed E-state index contributed by atoms with van der Waals surface area (Å²) < 4.78 is 5.89. The molecule has 0 bridgehead atoms. The van der Waals surface area contributed by atoms with E-state index in [9.17, 15) is 0 Å². The van der Waals surface area contributed by atoms with Crippen molar-refractivity contribution in [2.24, 2.45) is 5.92 Å². The van der Waals surface area contributed by atoms with Crippen molar-refractivity contribution in [2.45, 2.75) is 38.8 Å². The van der Waals surface area contributed by atoms with Crippen LogP contribution in [0.3, 0.4) is 0 Å². The Kier molecular flexibility index (Phi) is 4.86. The molecule has 1 N–H and O–H groups in total. The van der Waals surface area contributed by atoms with Gasteiger partial charge in [-0.15, -0.1) is 11.3 Å². The molecule has 0 aromatic carbocycles. The summed E-state index contributed by atoms with van der Waals surface area (Å²) in [5, 5.41) is 6.51. The molecule has 4 heteroatoms. The number of halogens is 1. The van der Waals surface area contributed by atoms with E-state index in [0.717, 1.165) is 31.0 Å². The van der Waals surface area contributed by atoms with Crippen LogP contribution in [0.4, 0.5) is 0 Å². The van der Waals surface area contributed by atoms with Crippen molar-refractivity contribution < 1.29 is 4.74 Å². The van der Waals surface area contributed by atoms with Gasteiger partial charge in [-0.1, -0.05) is 25.4 Å². The second kappa shape index (κ2) is 6.19. The lowest BCUT2D eigenvalue weighted by Crippen LogP contribution is -2.34. The highest BCUT2D eigenvalue weighted by atomic mass is 35.5. The Bertz CT molecular complexity index is 355. The van der Waals surface area contributed by atoms with Crippen molar-refractivity contribution in [3.05, 3.63) is 21.3 Å². The molecule has 3 unspecified atom stereocenters. The van der Waals surface area contributed by atoms with Crippen molar-refractivity contribution >= 4 is 22.9 Å². The molecule has 1 fully saturated rings. The Morgan fingerprint density at radius 3 is 3.00 bits per heavy atom. The Labute approximate surface area is 112 Å². The van der Waals surface area contributed by atoms with Crippen molar-refractivity contribution in [1.29, 1.82) is 0 Å². The third-order valence-corrected chi connectivity index (χ3v) is 4.76.